The first-order valence-electron chi connectivity index (χ1n) is 20.8. The summed E-state index contributed by atoms with van der Waals surface area (Å²) in [5.41, 5.74) is 19.5. The Morgan fingerprint density at radius 3 is 1.45 bits per heavy atom. The number of hydrogen-bond donors (Lipinski definition) is 0. The van der Waals surface area contributed by atoms with E-state index in [4.69, 9.17) is 0 Å². The van der Waals surface area contributed by atoms with Crippen LogP contribution in [-0.4, -0.2) is 9.52 Å². The smallest absolute Gasteiger partial charge is 0.0920 e. The number of fused-ring (bicyclic) bond motifs is 5. The number of rotatable bonds is 6. The molecule has 0 bridgehead atoms. The maximum Gasteiger partial charge on any atom is 0.0920 e. The SMILES string of the molecule is Cc1ccc(-c2cccc3[cH-]c(CC(C)C)cc23)c(C)c1C.Cc1ccc(-c2cccc3[cH-]c(CC(C)C)cc23)c(C)c1C.[Hf].[c-]1cccc2c1[Si]c1ccccc1-2. The molecule has 0 atom stereocenters. The van der Waals surface area contributed by atoms with Gasteiger partial charge in [-0.2, -0.15) is 41.6 Å². The zero-order chi connectivity index (χ0) is 40.4. The van der Waals surface area contributed by atoms with E-state index in [-0.39, 0.29) is 25.8 Å². The van der Waals surface area contributed by atoms with Crippen LogP contribution in [0.4, 0.5) is 0 Å². The fraction of sp³-hybridized carbons (Fsp3) is 0.250. The monoisotopic (exact) mass is 937 g/mol. The van der Waals surface area contributed by atoms with Crippen LogP contribution in [0.25, 0.3) is 54.9 Å². The van der Waals surface area contributed by atoms with E-state index in [0.717, 1.165) is 22.4 Å². The Bertz CT molecular complexity index is 2490. The van der Waals surface area contributed by atoms with Gasteiger partial charge in [0.1, 0.15) is 0 Å². The average molecular weight is 937 g/mol. The molecule has 0 amide bonds. The minimum atomic E-state index is 0. The van der Waals surface area contributed by atoms with E-state index in [1.165, 1.54) is 110 Å². The molecule has 9 rings (SSSR count). The van der Waals surface area contributed by atoms with E-state index in [2.05, 4.69) is 197 Å². The first-order valence-corrected chi connectivity index (χ1v) is 21.8. The number of benzene rings is 6. The largest absolute Gasteiger partial charge is 0.184 e. The van der Waals surface area contributed by atoms with Crippen molar-refractivity contribution in [3.8, 4) is 33.4 Å². The van der Waals surface area contributed by atoms with E-state index >= 15 is 0 Å². The van der Waals surface area contributed by atoms with Gasteiger partial charge in [0.05, 0.1) is 9.52 Å². The fourth-order valence-corrected chi connectivity index (χ4v) is 9.77. The zero-order valence-corrected chi connectivity index (χ0v) is 40.8. The van der Waals surface area contributed by atoms with E-state index in [1.807, 2.05) is 6.07 Å². The van der Waals surface area contributed by atoms with Gasteiger partial charge in [0.25, 0.3) is 0 Å². The first kappa shape index (κ1) is 43.2. The van der Waals surface area contributed by atoms with E-state index < -0.39 is 0 Å². The third-order valence-electron chi connectivity index (χ3n) is 11.9. The van der Waals surface area contributed by atoms with Crippen LogP contribution >= 0.6 is 0 Å². The molecule has 1 aliphatic rings. The molecule has 0 nitrogen and oxygen atoms in total. The Kier molecular flexibility index (Phi) is 13.9. The number of aryl methyl sites for hydroxylation is 2. The molecule has 0 saturated carbocycles. The average Bonchev–Trinajstić information content (AvgIpc) is 3.91. The van der Waals surface area contributed by atoms with Crippen LogP contribution in [0.2, 0.25) is 0 Å². The molecule has 0 aromatic heterocycles. The van der Waals surface area contributed by atoms with Crippen molar-refractivity contribution in [2.75, 3.05) is 0 Å². The summed E-state index contributed by atoms with van der Waals surface area (Å²) in [5, 5.41) is 8.34. The molecule has 0 spiro atoms. The van der Waals surface area contributed by atoms with Crippen molar-refractivity contribution in [1.29, 1.82) is 0 Å². The summed E-state index contributed by atoms with van der Waals surface area (Å²) in [6.07, 6.45) is 2.31. The summed E-state index contributed by atoms with van der Waals surface area (Å²) in [6.45, 7) is 22.5. The van der Waals surface area contributed by atoms with Gasteiger partial charge < -0.3 is 0 Å². The van der Waals surface area contributed by atoms with Gasteiger partial charge in [-0.3, -0.25) is 0 Å². The quantitative estimate of drug-likeness (QED) is 0.115. The maximum atomic E-state index is 3.31. The molecule has 0 aliphatic carbocycles. The van der Waals surface area contributed by atoms with Crippen LogP contribution in [0.5, 0.6) is 0 Å². The van der Waals surface area contributed by atoms with Gasteiger partial charge in [0.2, 0.25) is 0 Å². The van der Waals surface area contributed by atoms with Crippen LogP contribution in [0.15, 0.2) is 127 Å². The second-order valence-corrected chi connectivity index (χ2v) is 18.3. The van der Waals surface area contributed by atoms with E-state index in [0.29, 0.717) is 11.8 Å². The molecule has 58 heavy (non-hydrogen) atoms. The van der Waals surface area contributed by atoms with E-state index in [9.17, 15) is 0 Å². The summed E-state index contributed by atoms with van der Waals surface area (Å²) in [4.78, 5) is 0. The van der Waals surface area contributed by atoms with Crippen LogP contribution < -0.4 is 10.4 Å². The maximum absolute atomic E-state index is 3.31. The van der Waals surface area contributed by atoms with Gasteiger partial charge in [0, 0.05) is 25.8 Å². The molecule has 292 valence electrons. The molecule has 0 unspecified atom stereocenters. The van der Waals surface area contributed by atoms with Crippen molar-refractivity contribution in [2.45, 2.75) is 82.1 Å². The van der Waals surface area contributed by atoms with Crippen LogP contribution in [-0.2, 0) is 38.7 Å². The second kappa shape index (κ2) is 18.7. The topological polar surface area (TPSA) is 0 Å². The molecule has 2 radical (unpaired) electrons. The molecular formula is C56H57HfSi-3. The Hall–Kier alpha value is -4.37. The summed E-state index contributed by atoms with van der Waals surface area (Å²) in [5.74, 6) is 1.40. The van der Waals surface area contributed by atoms with Gasteiger partial charge in [-0.15, -0.1) is 74.6 Å². The molecule has 0 saturated heterocycles. The van der Waals surface area contributed by atoms with Gasteiger partial charge in [0.15, 0.2) is 0 Å². The Morgan fingerprint density at radius 1 is 0.483 bits per heavy atom. The van der Waals surface area contributed by atoms with Crippen LogP contribution in [0.1, 0.15) is 72.2 Å². The number of hydrogen-bond acceptors (Lipinski definition) is 0. The normalized spacial score (nSPS) is 11.5. The van der Waals surface area contributed by atoms with Gasteiger partial charge in [-0.05, 0) is 111 Å². The molecular weight excluding hydrogens is 879 g/mol. The van der Waals surface area contributed by atoms with Crippen molar-refractivity contribution < 1.29 is 25.8 Å². The van der Waals surface area contributed by atoms with E-state index in [1.54, 1.807) is 0 Å². The van der Waals surface area contributed by atoms with Crippen molar-refractivity contribution in [2.24, 2.45) is 11.8 Å². The minimum absolute atomic E-state index is 0. The molecule has 8 aromatic carbocycles. The van der Waals surface area contributed by atoms with Crippen molar-refractivity contribution in [3.63, 3.8) is 0 Å². The zero-order valence-electron chi connectivity index (χ0n) is 36.2. The predicted octanol–water partition coefficient (Wildman–Crippen LogP) is 13.8. The van der Waals surface area contributed by atoms with Crippen LogP contribution in [0.3, 0.4) is 0 Å². The molecule has 0 N–H and O–H groups in total. The standard InChI is InChI=1S/2C22H25.C12H7Si.Hf/c2*1-14(2)11-18-12-19-7-6-8-21(22(19)13-18)20-10-9-15(3)16(4)17(20)5;1-3-7-11-9(5-1)10-6-2-4-8-12(10)13-11;/h2*6-10,12-14H,11H2,1-5H3;1-7H;/q3*-1;. The van der Waals surface area contributed by atoms with Crippen molar-refractivity contribution in [1.82, 2.24) is 0 Å². The summed E-state index contributed by atoms with van der Waals surface area (Å²) in [6, 6.07) is 50.1. The predicted molar refractivity (Wildman–Crippen MR) is 251 cm³/mol. The molecule has 0 fully saturated rings. The first-order chi connectivity index (χ1) is 27.4. The Labute approximate surface area is 370 Å². The second-order valence-electron chi connectivity index (χ2n) is 17.0. The summed E-state index contributed by atoms with van der Waals surface area (Å²) < 4.78 is 0. The molecule has 1 heterocycles. The summed E-state index contributed by atoms with van der Waals surface area (Å²) >= 11 is 0. The fourth-order valence-electron chi connectivity index (χ4n) is 8.46. The molecule has 1 aliphatic heterocycles. The third-order valence-corrected chi connectivity index (χ3v) is 13.3. The van der Waals surface area contributed by atoms with Crippen molar-refractivity contribution >= 4 is 41.4 Å². The Morgan fingerprint density at radius 2 is 0.948 bits per heavy atom. The molecule has 2 heteroatoms. The molecule has 8 aromatic rings. The minimum Gasteiger partial charge on any atom is -0.184 e. The summed E-state index contributed by atoms with van der Waals surface area (Å²) in [7, 11) is 0.795. The van der Waals surface area contributed by atoms with Crippen molar-refractivity contribution in [3.05, 3.63) is 178 Å². The van der Waals surface area contributed by atoms with Gasteiger partial charge in [-0.1, -0.05) is 110 Å². The Balaban J connectivity index is 0.000000150. The third kappa shape index (κ3) is 9.25. The van der Waals surface area contributed by atoms with Crippen LogP contribution in [0, 0.1) is 59.4 Å². The van der Waals surface area contributed by atoms with Gasteiger partial charge in [-0.25, -0.2) is 0 Å². The van der Waals surface area contributed by atoms with Gasteiger partial charge >= 0.3 is 0 Å².